The molecule has 1 aliphatic heterocycles. The summed E-state index contributed by atoms with van der Waals surface area (Å²) in [6, 6.07) is 6.42. The number of rotatable bonds is 7. The van der Waals surface area contributed by atoms with E-state index in [1.165, 1.54) is 0 Å². The van der Waals surface area contributed by atoms with Crippen molar-refractivity contribution in [3.63, 3.8) is 0 Å². The summed E-state index contributed by atoms with van der Waals surface area (Å²) in [4.78, 5) is 24.0. The second-order valence-corrected chi connectivity index (χ2v) is 9.76. The van der Waals surface area contributed by atoms with Gasteiger partial charge in [0.15, 0.2) is 5.96 Å². The molecule has 2 rings (SSSR count). The van der Waals surface area contributed by atoms with Gasteiger partial charge in [-0.2, -0.15) is 0 Å². The second-order valence-electron chi connectivity index (χ2n) is 9.76. The third-order valence-corrected chi connectivity index (χ3v) is 5.33. The number of pyridine rings is 1. The van der Waals surface area contributed by atoms with Crippen LogP contribution in [0.15, 0.2) is 23.2 Å². The van der Waals surface area contributed by atoms with Crippen LogP contribution in [-0.2, 0) is 4.74 Å². The number of ether oxygens (including phenoxy) is 1. The van der Waals surface area contributed by atoms with E-state index >= 15 is 0 Å². The zero-order valence-corrected chi connectivity index (χ0v) is 20.9. The molecular formula is C24H42N6O2. The predicted octanol–water partition coefficient (Wildman–Crippen LogP) is 3.46. The van der Waals surface area contributed by atoms with Crippen molar-refractivity contribution in [1.29, 1.82) is 0 Å². The molecule has 8 nitrogen and oxygen atoms in total. The Morgan fingerprint density at radius 1 is 1.28 bits per heavy atom. The Labute approximate surface area is 193 Å². The van der Waals surface area contributed by atoms with Gasteiger partial charge in [0.05, 0.1) is 12.6 Å². The first-order chi connectivity index (χ1) is 15.1. The highest BCUT2D eigenvalue weighted by Crippen LogP contribution is 2.18. The van der Waals surface area contributed by atoms with Crippen molar-refractivity contribution in [2.24, 2.45) is 10.9 Å². The van der Waals surface area contributed by atoms with Gasteiger partial charge in [-0.3, -0.25) is 4.99 Å². The molecule has 0 aromatic carbocycles. The van der Waals surface area contributed by atoms with E-state index < -0.39 is 11.7 Å². The van der Waals surface area contributed by atoms with E-state index in [9.17, 15) is 4.79 Å². The zero-order chi connectivity index (χ0) is 23.7. The Balaban J connectivity index is 1.92. The molecular weight excluding hydrogens is 404 g/mol. The minimum atomic E-state index is -0.520. The number of piperidine rings is 1. The Hall–Kier alpha value is -2.51. The van der Waals surface area contributed by atoms with Crippen LogP contribution in [0, 0.1) is 12.8 Å². The number of amides is 1. The minimum absolute atomic E-state index is 0.102. The number of alkyl carbamates (subject to hydrolysis) is 1. The van der Waals surface area contributed by atoms with Crippen LogP contribution in [0.5, 0.6) is 0 Å². The van der Waals surface area contributed by atoms with Gasteiger partial charge in [-0.05, 0) is 65.5 Å². The van der Waals surface area contributed by atoms with Crippen LogP contribution in [0.4, 0.5) is 10.6 Å². The van der Waals surface area contributed by atoms with Gasteiger partial charge in [0, 0.05) is 31.4 Å². The largest absolute Gasteiger partial charge is 0.444 e. The molecule has 180 valence electrons. The first-order valence-electron chi connectivity index (χ1n) is 11.8. The first kappa shape index (κ1) is 25.7. The Kier molecular flexibility index (Phi) is 9.60. The summed E-state index contributed by atoms with van der Waals surface area (Å²) in [5.41, 5.74) is 0.526. The van der Waals surface area contributed by atoms with E-state index in [4.69, 9.17) is 9.73 Å². The molecule has 1 amide bonds. The number of carbonyl (C=O) groups is 1. The van der Waals surface area contributed by atoms with E-state index in [2.05, 4.69) is 58.7 Å². The maximum absolute atomic E-state index is 12.2. The average Bonchev–Trinajstić information content (AvgIpc) is 2.70. The van der Waals surface area contributed by atoms with Crippen molar-refractivity contribution >= 4 is 17.9 Å². The van der Waals surface area contributed by atoms with Gasteiger partial charge >= 0.3 is 6.09 Å². The van der Waals surface area contributed by atoms with Crippen molar-refractivity contribution in [2.45, 2.75) is 79.0 Å². The Morgan fingerprint density at radius 3 is 2.53 bits per heavy atom. The lowest BCUT2D eigenvalue weighted by Gasteiger charge is -2.34. The molecule has 8 heteroatoms. The number of nitrogens with one attached hydrogen (secondary N) is 3. The molecule has 0 spiro atoms. The highest BCUT2D eigenvalue weighted by molar-refractivity contribution is 5.80. The summed E-state index contributed by atoms with van der Waals surface area (Å²) in [6.07, 6.45) is 1.63. The molecule has 3 N–H and O–H groups in total. The number of aliphatic imine (C=N–C) groups is 1. The lowest BCUT2D eigenvalue weighted by molar-refractivity contribution is 0.0493. The van der Waals surface area contributed by atoms with Crippen molar-refractivity contribution in [3.8, 4) is 0 Å². The van der Waals surface area contributed by atoms with E-state index in [0.717, 1.165) is 49.9 Å². The van der Waals surface area contributed by atoms with Crippen LogP contribution in [0.25, 0.3) is 0 Å². The topological polar surface area (TPSA) is 90.9 Å². The van der Waals surface area contributed by atoms with E-state index in [1.807, 2.05) is 33.8 Å². The molecule has 1 aromatic rings. The van der Waals surface area contributed by atoms with Crippen LogP contribution >= 0.6 is 0 Å². The molecule has 0 radical (unpaired) electrons. The van der Waals surface area contributed by atoms with Crippen LogP contribution < -0.4 is 20.9 Å². The fourth-order valence-corrected chi connectivity index (χ4v) is 3.54. The van der Waals surface area contributed by atoms with E-state index in [-0.39, 0.29) is 12.0 Å². The van der Waals surface area contributed by atoms with Gasteiger partial charge in [-0.1, -0.05) is 19.9 Å². The minimum Gasteiger partial charge on any atom is -0.444 e. The molecule has 1 aromatic heterocycles. The number of nitrogens with zero attached hydrogens (tertiary/aromatic N) is 3. The van der Waals surface area contributed by atoms with Crippen molar-refractivity contribution in [1.82, 2.24) is 20.9 Å². The molecule has 1 fully saturated rings. The lowest BCUT2D eigenvalue weighted by Crippen LogP contribution is -2.49. The number of guanidine groups is 1. The Morgan fingerprint density at radius 2 is 1.97 bits per heavy atom. The molecule has 1 saturated heterocycles. The highest BCUT2D eigenvalue weighted by Gasteiger charge is 2.23. The number of hydrogen-bond donors (Lipinski definition) is 3. The SMILES string of the molecule is CCNC(=NCC(NC(=O)OC(C)(C)C)C(C)C)NC1CCN(c2cccc(C)n2)CC1. The van der Waals surface area contributed by atoms with E-state index in [0.29, 0.717) is 12.6 Å². The quantitative estimate of drug-likeness (QED) is 0.439. The van der Waals surface area contributed by atoms with Crippen LogP contribution in [0.3, 0.4) is 0 Å². The summed E-state index contributed by atoms with van der Waals surface area (Å²) < 4.78 is 5.41. The van der Waals surface area contributed by atoms with Gasteiger partial charge in [0.1, 0.15) is 11.4 Å². The van der Waals surface area contributed by atoms with E-state index in [1.54, 1.807) is 0 Å². The number of anilines is 1. The predicted molar refractivity (Wildman–Crippen MR) is 131 cm³/mol. The summed E-state index contributed by atoms with van der Waals surface area (Å²) in [7, 11) is 0. The first-order valence-corrected chi connectivity index (χ1v) is 11.8. The smallest absolute Gasteiger partial charge is 0.407 e. The van der Waals surface area contributed by atoms with Crippen molar-refractivity contribution in [3.05, 3.63) is 23.9 Å². The maximum Gasteiger partial charge on any atom is 0.407 e. The summed E-state index contributed by atoms with van der Waals surface area (Å²) in [5, 5.41) is 9.87. The molecule has 0 saturated carbocycles. The monoisotopic (exact) mass is 446 g/mol. The fraction of sp³-hybridized carbons (Fsp3) is 0.708. The fourth-order valence-electron chi connectivity index (χ4n) is 3.54. The van der Waals surface area contributed by atoms with Gasteiger partial charge < -0.3 is 25.6 Å². The van der Waals surface area contributed by atoms with Crippen molar-refractivity contribution in [2.75, 3.05) is 31.1 Å². The second kappa shape index (κ2) is 11.9. The third-order valence-electron chi connectivity index (χ3n) is 5.33. The number of hydrogen-bond acceptors (Lipinski definition) is 5. The lowest BCUT2D eigenvalue weighted by atomic mass is 10.0. The summed E-state index contributed by atoms with van der Waals surface area (Å²) in [5.74, 6) is 2.08. The molecule has 2 heterocycles. The normalized spacial score (nSPS) is 16.6. The molecule has 1 unspecified atom stereocenters. The number of carbonyl (C=O) groups excluding carboxylic acids is 1. The van der Waals surface area contributed by atoms with Gasteiger partial charge in [0.25, 0.3) is 0 Å². The summed E-state index contributed by atoms with van der Waals surface area (Å²) in [6.45, 7) is 17.0. The van der Waals surface area contributed by atoms with Gasteiger partial charge in [-0.15, -0.1) is 0 Å². The molecule has 0 bridgehead atoms. The molecule has 32 heavy (non-hydrogen) atoms. The van der Waals surface area contributed by atoms with Crippen LogP contribution in [-0.4, -0.2) is 60.9 Å². The molecule has 1 atom stereocenters. The highest BCUT2D eigenvalue weighted by atomic mass is 16.6. The van der Waals surface area contributed by atoms with Crippen molar-refractivity contribution < 1.29 is 9.53 Å². The number of aromatic nitrogens is 1. The Bertz CT molecular complexity index is 751. The molecule has 0 aliphatic carbocycles. The van der Waals surface area contributed by atoms with Gasteiger partial charge in [-0.25, -0.2) is 9.78 Å². The van der Waals surface area contributed by atoms with Crippen LogP contribution in [0.1, 0.15) is 60.1 Å². The average molecular weight is 447 g/mol. The molecule has 1 aliphatic rings. The standard InChI is InChI=1S/C24H42N6O2/c1-8-25-22(26-16-20(17(2)3)29-23(31)32-24(5,6)7)28-19-12-14-30(15-13-19)21-11-9-10-18(4)27-21/h9-11,17,19-20H,8,12-16H2,1-7H3,(H,29,31)(H2,25,26,28). The maximum atomic E-state index is 12.2. The van der Waals surface area contributed by atoms with Gasteiger partial charge in [0.2, 0.25) is 0 Å². The zero-order valence-electron chi connectivity index (χ0n) is 20.9. The third kappa shape index (κ3) is 8.93. The number of aryl methyl sites for hydroxylation is 1. The van der Waals surface area contributed by atoms with Crippen LogP contribution in [0.2, 0.25) is 0 Å². The summed E-state index contributed by atoms with van der Waals surface area (Å²) >= 11 is 0.